The molecule has 1 N–H and O–H groups in total. The fraction of sp³-hybridized carbons (Fsp3) is 0.190. The van der Waals surface area contributed by atoms with Crippen LogP contribution in [0.15, 0.2) is 60.7 Å². The van der Waals surface area contributed by atoms with Crippen molar-refractivity contribution >= 4 is 17.6 Å². The van der Waals surface area contributed by atoms with E-state index in [-0.39, 0.29) is 0 Å². The number of aliphatic carboxylic acids is 1. The average Bonchev–Trinajstić information content (AvgIpc) is 2.55. The largest absolute Gasteiger partial charge is 0.478 e. The molecule has 2 aromatic rings. The minimum absolute atomic E-state index is 0.832. The van der Waals surface area contributed by atoms with Gasteiger partial charge in [-0.3, -0.25) is 0 Å². The molecule has 0 fully saturated rings. The topological polar surface area (TPSA) is 40.5 Å². The average molecular weight is 321 g/mol. The van der Waals surface area contributed by atoms with Gasteiger partial charge >= 0.3 is 5.97 Å². The second-order valence-electron chi connectivity index (χ2n) is 6.04. The summed E-state index contributed by atoms with van der Waals surface area (Å²) in [7, 11) is 4.07. The van der Waals surface area contributed by atoms with Crippen molar-refractivity contribution in [2.24, 2.45) is 0 Å². The summed E-state index contributed by atoms with van der Waals surface area (Å²) >= 11 is 0. The third kappa shape index (κ3) is 5.21. The highest BCUT2D eigenvalue weighted by Gasteiger charge is 2.06. The molecule has 3 nitrogen and oxygen atoms in total. The Labute approximate surface area is 143 Å². The molecule has 0 saturated carbocycles. The molecule has 0 heterocycles. The van der Waals surface area contributed by atoms with Crippen LogP contribution in [0.2, 0.25) is 0 Å². The van der Waals surface area contributed by atoms with Gasteiger partial charge in [0.1, 0.15) is 0 Å². The Hall–Kier alpha value is -2.65. The van der Waals surface area contributed by atoms with Crippen molar-refractivity contribution in [1.29, 1.82) is 0 Å². The van der Waals surface area contributed by atoms with Crippen molar-refractivity contribution in [2.75, 3.05) is 20.6 Å². The number of carboxylic acids is 1. The number of carboxylic acid groups (broad SMARTS) is 1. The molecule has 0 amide bonds. The van der Waals surface area contributed by atoms with E-state index in [9.17, 15) is 4.79 Å². The first-order valence-electron chi connectivity index (χ1n) is 7.89. The predicted molar refractivity (Wildman–Crippen MR) is 99.9 cm³/mol. The van der Waals surface area contributed by atoms with E-state index in [1.165, 1.54) is 5.56 Å². The van der Waals surface area contributed by atoms with Crippen LogP contribution in [-0.4, -0.2) is 36.6 Å². The van der Waals surface area contributed by atoms with Crippen LogP contribution in [0.1, 0.15) is 22.3 Å². The molecule has 0 bridgehead atoms. The predicted octanol–water partition coefficient (Wildman–Crippen LogP) is 4.09. The summed E-state index contributed by atoms with van der Waals surface area (Å²) < 4.78 is 0. The highest BCUT2D eigenvalue weighted by Crippen LogP contribution is 2.25. The summed E-state index contributed by atoms with van der Waals surface area (Å²) in [6.07, 6.45) is 4.98. The van der Waals surface area contributed by atoms with Gasteiger partial charge in [0.25, 0.3) is 0 Å². The van der Waals surface area contributed by atoms with Crippen molar-refractivity contribution in [3.63, 3.8) is 0 Å². The van der Waals surface area contributed by atoms with Crippen LogP contribution in [0.4, 0.5) is 0 Å². The summed E-state index contributed by atoms with van der Waals surface area (Å²) in [4.78, 5) is 12.8. The summed E-state index contributed by atoms with van der Waals surface area (Å²) in [6.45, 7) is 2.91. The Kier molecular flexibility index (Phi) is 6.10. The first-order chi connectivity index (χ1) is 11.5. The Balaban J connectivity index is 2.43. The number of carbonyl (C=O) groups is 1. The Morgan fingerprint density at radius 2 is 1.79 bits per heavy atom. The number of likely N-dealkylation sites (N-methyl/N-ethyl adjacent to an activating group) is 1. The number of aryl methyl sites for hydroxylation is 1. The minimum Gasteiger partial charge on any atom is -0.478 e. The van der Waals surface area contributed by atoms with Gasteiger partial charge in [-0.1, -0.05) is 54.1 Å². The van der Waals surface area contributed by atoms with Gasteiger partial charge in [-0.15, -0.1) is 0 Å². The lowest BCUT2D eigenvalue weighted by atomic mass is 9.95. The molecule has 0 aromatic heterocycles. The molecular weight excluding hydrogens is 298 g/mol. The van der Waals surface area contributed by atoms with Crippen LogP contribution in [0.3, 0.4) is 0 Å². The van der Waals surface area contributed by atoms with Crippen molar-refractivity contribution < 1.29 is 9.90 Å². The van der Waals surface area contributed by atoms with Crippen molar-refractivity contribution in [1.82, 2.24) is 4.90 Å². The lowest BCUT2D eigenvalue weighted by molar-refractivity contribution is -0.131. The number of benzene rings is 2. The maximum Gasteiger partial charge on any atom is 0.328 e. The van der Waals surface area contributed by atoms with E-state index >= 15 is 0 Å². The van der Waals surface area contributed by atoms with Crippen LogP contribution in [0, 0.1) is 6.92 Å². The minimum atomic E-state index is -0.942. The van der Waals surface area contributed by atoms with Crippen molar-refractivity contribution in [3.05, 3.63) is 82.9 Å². The zero-order valence-electron chi connectivity index (χ0n) is 14.4. The molecule has 124 valence electrons. The maximum atomic E-state index is 10.7. The lowest BCUT2D eigenvalue weighted by Gasteiger charge is -2.12. The van der Waals surface area contributed by atoms with Gasteiger partial charge in [-0.2, -0.15) is 0 Å². The zero-order chi connectivity index (χ0) is 17.5. The molecule has 24 heavy (non-hydrogen) atoms. The first-order valence-corrected chi connectivity index (χ1v) is 7.89. The molecule has 0 radical (unpaired) electrons. The third-order valence-corrected chi connectivity index (χ3v) is 3.64. The van der Waals surface area contributed by atoms with E-state index in [2.05, 4.69) is 48.2 Å². The van der Waals surface area contributed by atoms with E-state index in [1.54, 1.807) is 6.08 Å². The molecule has 0 aliphatic carbocycles. The summed E-state index contributed by atoms with van der Waals surface area (Å²) in [5.74, 6) is -0.942. The molecule has 0 atom stereocenters. The van der Waals surface area contributed by atoms with E-state index in [0.29, 0.717) is 0 Å². The second kappa shape index (κ2) is 8.27. The van der Waals surface area contributed by atoms with E-state index < -0.39 is 5.97 Å². The molecule has 0 saturated heterocycles. The van der Waals surface area contributed by atoms with Crippen molar-refractivity contribution in [3.8, 4) is 0 Å². The van der Waals surface area contributed by atoms with Gasteiger partial charge < -0.3 is 10.0 Å². The molecule has 0 unspecified atom stereocenters. The van der Waals surface area contributed by atoms with Crippen molar-refractivity contribution in [2.45, 2.75) is 6.92 Å². The fourth-order valence-corrected chi connectivity index (χ4v) is 2.39. The van der Waals surface area contributed by atoms with Gasteiger partial charge in [-0.05, 0) is 55.4 Å². The van der Waals surface area contributed by atoms with Gasteiger partial charge in [0.2, 0.25) is 0 Å². The normalized spacial score (nSPS) is 12.1. The highest BCUT2D eigenvalue weighted by atomic mass is 16.4. The van der Waals surface area contributed by atoms with Gasteiger partial charge in [0, 0.05) is 12.6 Å². The second-order valence-corrected chi connectivity index (χ2v) is 6.04. The van der Waals surface area contributed by atoms with Gasteiger partial charge in [0.15, 0.2) is 0 Å². The van der Waals surface area contributed by atoms with Crippen LogP contribution >= 0.6 is 0 Å². The van der Waals surface area contributed by atoms with Gasteiger partial charge in [-0.25, -0.2) is 4.79 Å². The smallest absolute Gasteiger partial charge is 0.328 e. The van der Waals surface area contributed by atoms with Crippen LogP contribution in [0.25, 0.3) is 11.6 Å². The number of hydrogen-bond donors (Lipinski definition) is 1. The first kappa shape index (κ1) is 17.7. The Morgan fingerprint density at radius 3 is 2.42 bits per heavy atom. The van der Waals surface area contributed by atoms with Crippen LogP contribution in [-0.2, 0) is 4.79 Å². The molecule has 0 aliphatic heterocycles. The maximum absolute atomic E-state index is 10.7. The van der Waals surface area contributed by atoms with Crippen LogP contribution in [0.5, 0.6) is 0 Å². The monoisotopic (exact) mass is 321 g/mol. The molecule has 2 aromatic carbocycles. The zero-order valence-corrected chi connectivity index (χ0v) is 14.4. The summed E-state index contributed by atoms with van der Waals surface area (Å²) in [5.41, 5.74) is 5.48. The van der Waals surface area contributed by atoms with E-state index in [4.69, 9.17) is 5.11 Å². The summed E-state index contributed by atoms with van der Waals surface area (Å²) in [6, 6.07) is 16.4. The number of rotatable bonds is 6. The molecule has 3 heteroatoms. The molecule has 0 aliphatic rings. The fourth-order valence-electron chi connectivity index (χ4n) is 2.39. The number of nitrogens with zero attached hydrogens (tertiary/aromatic N) is 1. The highest BCUT2D eigenvalue weighted by molar-refractivity contribution is 5.86. The molecule has 2 rings (SSSR count). The quantitative estimate of drug-likeness (QED) is 0.815. The van der Waals surface area contributed by atoms with E-state index in [0.717, 1.165) is 34.9 Å². The Morgan fingerprint density at radius 1 is 1.08 bits per heavy atom. The SMILES string of the molecule is Cc1ccc(C(=CCN(C)C)c2cccc(C=CC(=O)O)c2)cc1. The standard InChI is InChI=1S/C21H23NO2/c1-16-7-10-18(11-8-16)20(13-14-22(2)3)19-6-4-5-17(15-19)9-12-21(23)24/h4-13,15H,14H2,1-3H3,(H,23,24). The summed E-state index contributed by atoms with van der Waals surface area (Å²) in [5, 5.41) is 8.80. The number of hydrogen-bond acceptors (Lipinski definition) is 2. The lowest BCUT2D eigenvalue weighted by Crippen LogP contribution is -2.11. The van der Waals surface area contributed by atoms with Crippen LogP contribution < -0.4 is 0 Å². The molecule has 0 spiro atoms. The van der Waals surface area contributed by atoms with Gasteiger partial charge in [0.05, 0.1) is 0 Å². The van der Waals surface area contributed by atoms with E-state index in [1.807, 2.05) is 32.3 Å². The third-order valence-electron chi connectivity index (χ3n) is 3.64. The molecular formula is C21H23NO2. The Bertz CT molecular complexity index is 756.